The highest BCUT2D eigenvalue weighted by molar-refractivity contribution is 5.78. The fraction of sp³-hybridized carbons (Fsp3) is 0.385. The number of oxazole rings is 1. The maximum absolute atomic E-state index is 12.9. The van der Waals surface area contributed by atoms with Crippen LogP contribution in [0.4, 0.5) is 0 Å². The van der Waals surface area contributed by atoms with Gasteiger partial charge in [-0.3, -0.25) is 4.79 Å². The molecular weight excluding hydrogens is 436 g/mol. The lowest BCUT2D eigenvalue weighted by Crippen LogP contribution is -2.41. The van der Waals surface area contributed by atoms with E-state index in [4.69, 9.17) is 23.4 Å². The number of aromatic nitrogens is 1. The van der Waals surface area contributed by atoms with Crippen molar-refractivity contribution in [2.75, 3.05) is 41.0 Å². The second kappa shape index (κ2) is 11.0. The van der Waals surface area contributed by atoms with Crippen LogP contribution in [0.1, 0.15) is 36.0 Å². The quantitative estimate of drug-likeness (QED) is 0.470. The lowest BCUT2D eigenvalue weighted by atomic mass is 9.98. The van der Waals surface area contributed by atoms with Gasteiger partial charge in [0.05, 0.1) is 33.4 Å². The van der Waals surface area contributed by atoms with Crippen LogP contribution in [-0.2, 0) is 11.2 Å². The van der Waals surface area contributed by atoms with Crippen molar-refractivity contribution in [3.8, 4) is 23.0 Å². The molecule has 0 bridgehead atoms. The Morgan fingerprint density at radius 1 is 1.09 bits per heavy atom. The van der Waals surface area contributed by atoms with Crippen LogP contribution in [0, 0.1) is 0 Å². The molecule has 1 amide bonds. The summed E-state index contributed by atoms with van der Waals surface area (Å²) in [5, 5.41) is 0. The van der Waals surface area contributed by atoms with Crippen LogP contribution in [0.15, 0.2) is 53.1 Å². The van der Waals surface area contributed by atoms with Gasteiger partial charge in [-0.15, -0.1) is 0 Å². The molecule has 0 radical (unpaired) electrons. The Balaban J connectivity index is 1.37. The van der Waals surface area contributed by atoms with E-state index in [0.29, 0.717) is 42.6 Å². The van der Waals surface area contributed by atoms with E-state index in [1.54, 1.807) is 45.7 Å². The minimum atomic E-state index is -0.101. The predicted molar refractivity (Wildman–Crippen MR) is 126 cm³/mol. The van der Waals surface area contributed by atoms with Crippen LogP contribution < -0.4 is 18.9 Å². The average molecular weight is 467 g/mol. The van der Waals surface area contributed by atoms with Crippen LogP contribution in [0.5, 0.6) is 23.0 Å². The van der Waals surface area contributed by atoms with E-state index in [1.807, 2.05) is 29.2 Å². The summed E-state index contributed by atoms with van der Waals surface area (Å²) in [5.74, 6) is 3.69. The van der Waals surface area contributed by atoms with E-state index in [2.05, 4.69) is 4.98 Å². The van der Waals surface area contributed by atoms with Crippen molar-refractivity contribution in [1.82, 2.24) is 9.88 Å². The second-order valence-corrected chi connectivity index (χ2v) is 8.15. The molecule has 0 unspecified atom stereocenters. The van der Waals surface area contributed by atoms with Crippen molar-refractivity contribution in [1.29, 1.82) is 0 Å². The summed E-state index contributed by atoms with van der Waals surface area (Å²) in [6.45, 7) is 1.12. The van der Waals surface area contributed by atoms with Crippen molar-refractivity contribution < 1.29 is 28.2 Å². The minimum Gasteiger partial charge on any atom is -0.497 e. The molecule has 8 nitrogen and oxygen atoms in total. The predicted octanol–water partition coefficient (Wildman–Crippen LogP) is 4.08. The number of piperidine rings is 1. The Bertz CT molecular complexity index is 1090. The number of likely N-dealkylation sites (tertiary alicyclic amines) is 1. The fourth-order valence-electron chi connectivity index (χ4n) is 4.17. The number of benzene rings is 2. The summed E-state index contributed by atoms with van der Waals surface area (Å²) >= 11 is 0. The fourth-order valence-corrected chi connectivity index (χ4v) is 4.17. The number of hydrogen-bond acceptors (Lipinski definition) is 7. The smallest absolute Gasteiger partial charge is 0.260 e. The molecule has 1 fully saturated rings. The largest absolute Gasteiger partial charge is 0.497 e. The summed E-state index contributed by atoms with van der Waals surface area (Å²) in [7, 11) is 4.76. The van der Waals surface area contributed by atoms with Gasteiger partial charge in [-0.1, -0.05) is 18.2 Å². The van der Waals surface area contributed by atoms with Gasteiger partial charge in [0.2, 0.25) is 5.75 Å². The topological polar surface area (TPSA) is 83.3 Å². The first-order valence-corrected chi connectivity index (χ1v) is 11.3. The minimum absolute atomic E-state index is 0.0533. The Morgan fingerprint density at radius 3 is 2.59 bits per heavy atom. The standard InChI is InChI=1S/C26H30N2O6/c1-30-20-9-4-7-18(13-20)14-21-15-27-26(34-21)19-8-6-12-28(16-19)24(29)17-33-25-22(31-2)10-5-11-23(25)32-3/h4-5,7,9-11,13,15,19H,6,8,12,14,16-17H2,1-3H3/t19-/m1/s1. The number of methoxy groups -OCH3 is 3. The van der Waals surface area contributed by atoms with E-state index < -0.39 is 0 Å². The van der Waals surface area contributed by atoms with Gasteiger partial charge in [0.25, 0.3) is 5.91 Å². The first-order valence-electron chi connectivity index (χ1n) is 11.3. The molecule has 3 aromatic rings. The normalized spacial score (nSPS) is 15.6. The molecule has 1 aliphatic rings. The maximum Gasteiger partial charge on any atom is 0.260 e. The van der Waals surface area contributed by atoms with Crippen LogP contribution in [0.3, 0.4) is 0 Å². The molecule has 8 heteroatoms. The summed E-state index contributed by atoms with van der Waals surface area (Å²) < 4.78 is 27.8. The van der Waals surface area contributed by atoms with Crippen molar-refractivity contribution in [2.45, 2.75) is 25.2 Å². The number of nitrogens with zero attached hydrogens (tertiary/aromatic N) is 2. The highest BCUT2D eigenvalue weighted by Gasteiger charge is 2.28. The van der Waals surface area contributed by atoms with Gasteiger partial charge in [0.15, 0.2) is 24.0 Å². The third-order valence-corrected chi connectivity index (χ3v) is 5.93. The van der Waals surface area contributed by atoms with Gasteiger partial charge in [-0.25, -0.2) is 4.98 Å². The molecule has 180 valence electrons. The molecule has 1 atom stereocenters. The number of hydrogen-bond donors (Lipinski definition) is 0. The van der Waals surface area contributed by atoms with Gasteiger partial charge in [-0.2, -0.15) is 0 Å². The van der Waals surface area contributed by atoms with Gasteiger partial charge >= 0.3 is 0 Å². The lowest BCUT2D eigenvalue weighted by Gasteiger charge is -2.31. The highest BCUT2D eigenvalue weighted by Crippen LogP contribution is 2.37. The Hall–Kier alpha value is -3.68. The molecule has 0 saturated carbocycles. The maximum atomic E-state index is 12.9. The van der Waals surface area contributed by atoms with Gasteiger partial charge in [0.1, 0.15) is 11.5 Å². The van der Waals surface area contributed by atoms with Gasteiger partial charge < -0.3 is 28.3 Å². The van der Waals surface area contributed by atoms with Gasteiger partial charge in [0, 0.05) is 19.5 Å². The van der Waals surface area contributed by atoms with Crippen LogP contribution >= 0.6 is 0 Å². The molecule has 1 saturated heterocycles. The molecule has 2 heterocycles. The van der Waals surface area contributed by atoms with Crippen LogP contribution in [0.2, 0.25) is 0 Å². The van der Waals surface area contributed by atoms with Crippen molar-refractivity contribution >= 4 is 5.91 Å². The zero-order chi connectivity index (χ0) is 23.9. The summed E-state index contributed by atoms with van der Waals surface area (Å²) in [6.07, 6.45) is 4.20. The Kier molecular flexibility index (Phi) is 7.57. The molecule has 2 aromatic carbocycles. The average Bonchev–Trinajstić information content (AvgIpc) is 3.35. The lowest BCUT2D eigenvalue weighted by molar-refractivity contribution is -0.134. The Morgan fingerprint density at radius 2 is 1.85 bits per heavy atom. The second-order valence-electron chi connectivity index (χ2n) is 8.15. The van der Waals surface area contributed by atoms with E-state index in [0.717, 1.165) is 29.9 Å². The number of amides is 1. The molecule has 4 rings (SSSR count). The number of carbonyl (C=O) groups is 1. The number of carbonyl (C=O) groups excluding carboxylic acids is 1. The monoisotopic (exact) mass is 466 g/mol. The van der Waals surface area contributed by atoms with Crippen molar-refractivity contribution in [3.05, 3.63) is 65.9 Å². The molecular formula is C26H30N2O6. The summed E-state index contributed by atoms with van der Waals surface area (Å²) in [6, 6.07) is 13.2. The zero-order valence-corrected chi connectivity index (χ0v) is 19.8. The van der Waals surface area contributed by atoms with Crippen molar-refractivity contribution in [2.24, 2.45) is 0 Å². The van der Waals surface area contributed by atoms with E-state index in [9.17, 15) is 4.79 Å². The van der Waals surface area contributed by atoms with Crippen LogP contribution in [0.25, 0.3) is 0 Å². The van der Waals surface area contributed by atoms with Crippen molar-refractivity contribution in [3.63, 3.8) is 0 Å². The molecule has 0 aliphatic carbocycles. The number of rotatable bonds is 9. The number of ether oxygens (including phenoxy) is 4. The number of para-hydroxylation sites is 1. The van der Waals surface area contributed by atoms with Gasteiger partial charge in [-0.05, 0) is 42.7 Å². The zero-order valence-electron chi connectivity index (χ0n) is 19.8. The third-order valence-electron chi connectivity index (χ3n) is 5.93. The van der Waals surface area contributed by atoms with E-state index >= 15 is 0 Å². The molecule has 1 aliphatic heterocycles. The molecule has 0 N–H and O–H groups in total. The first kappa shape index (κ1) is 23.5. The third kappa shape index (κ3) is 5.44. The SMILES string of the molecule is COc1cccc(Cc2cnc([C@@H]3CCCN(C(=O)COc4c(OC)cccc4OC)C3)o2)c1. The van der Waals surface area contributed by atoms with E-state index in [-0.39, 0.29) is 18.4 Å². The highest BCUT2D eigenvalue weighted by atomic mass is 16.5. The van der Waals surface area contributed by atoms with Crippen LogP contribution in [-0.4, -0.2) is 56.8 Å². The molecule has 0 spiro atoms. The Labute approximate surface area is 199 Å². The summed E-state index contributed by atoms with van der Waals surface area (Å²) in [4.78, 5) is 19.2. The molecule has 34 heavy (non-hydrogen) atoms. The summed E-state index contributed by atoms with van der Waals surface area (Å²) in [5.41, 5.74) is 1.09. The first-order chi connectivity index (χ1) is 16.6. The molecule has 1 aromatic heterocycles. The van der Waals surface area contributed by atoms with E-state index in [1.165, 1.54) is 0 Å².